The molecule has 0 aromatic heterocycles. The summed E-state index contributed by atoms with van der Waals surface area (Å²) in [6.45, 7) is 6.02. The average molecular weight is 238 g/mol. The molecule has 0 radical (unpaired) electrons. The van der Waals surface area contributed by atoms with E-state index in [4.69, 9.17) is 5.73 Å². The van der Waals surface area contributed by atoms with Gasteiger partial charge in [0.2, 0.25) is 5.91 Å². The molecule has 0 saturated heterocycles. The second-order valence-electron chi connectivity index (χ2n) is 4.12. The van der Waals surface area contributed by atoms with Crippen molar-refractivity contribution in [3.8, 4) is 0 Å². The molecule has 15 heavy (non-hydrogen) atoms. The van der Waals surface area contributed by atoms with Crippen LogP contribution in [-0.4, -0.2) is 27.0 Å². The minimum Gasteiger partial charge on any atom is -0.338 e. The molecule has 1 unspecified atom stereocenters. The molecule has 0 saturated carbocycles. The van der Waals surface area contributed by atoms with Crippen LogP contribution in [0.5, 0.6) is 0 Å². The summed E-state index contributed by atoms with van der Waals surface area (Å²) in [5.41, 5.74) is 5.32. The van der Waals surface area contributed by atoms with Crippen molar-refractivity contribution in [2.24, 2.45) is 11.7 Å². The Morgan fingerprint density at radius 1 is 1.40 bits per heavy atom. The van der Waals surface area contributed by atoms with Gasteiger partial charge in [0.15, 0.2) is 0 Å². The molecule has 5 N–H and O–H groups in total. The van der Waals surface area contributed by atoms with Gasteiger partial charge in [-0.2, -0.15) is 0 Å². The summed E-state index contributed by atoms with van der Waals surface area (Å²) < 4.78 is 11.3. The normalized spacial score (nSPS) is 18.4. The quantitative estimate of drug-likeness (QED) is 0.515. The average Bonchev–Trinajstić information content (AvgIpc) is 2.01. The zero-order chi connectivity index (χ0) is 12.4. The number of nitrogens with two attached hydrogens (primary N) is 1. The Morgan fingerprint density at radius 2 is 1.80 bits per heavy atom. The Hall–Kier alpha value is -0.420. The fourth-order valence-electron chi connectivity index (χ4n) is 0.917. The molecule has 0 spiro atoms. The minimum atomic E-state index is -4.42. The first-order chi connectivity index (χ1) is 6.52. The fraction of sp³-hybridized carbons (Fsp3) is 0.875. The number of rotatable bonds is 4. The lowest BCUT2D eigenvalue weighted by Gasteiger charge is -2.35. The van der Waals surface area contributed by atoms with Crippen molar-refractivity contribution in [1.29, 1.82) is 0 Å². The first-order valence-corrected chi connectivity index (χ1v) is 6.27. The highest BCUT2D eigenvalue weighted by Crippen LogP contribution is 2.52. The molecule has 90 valence electrons. The van der Waals surface area contributed by atoms with Gasteiger partial charge in [0, 0.05) is 0 Å². The van der Waals surface area contributed by atoms with E-state index in [1.807, 2.05) is 0 Å². The molecule has 0 bridgehead atoms. The van der Waals surface area contributed by atoms with E-state index < -0.39 is 30.7 Å². The van der Waals surface area contributed by atoms with Gasteiger partial charge in [-0.3, -0.25) is 9.36 Å². The molecule has 6 nitrogen and oxygen atoms in total. The van der Waals surface area contributed by atoms with E-state index in [1.165, 1.54) is 13.8 Å². The van der Waals surface area contributed by atoms with Crippen LogP contribution in [0.1, 0.15) is 27.7 Å². The standard InChI is InChI=1S/C8H19N2O4P/c1-5(2)8(4,15(12,13)14)10-7(11)6(3)9/h5-6H,9H2,1-4H3,(H,10,11)(H2,12,13,14)/t6-,8?/m0/s1. The maximum atomic E-state index is 11.3. The highest BCUT2D eigenvalue weighted by molar-refractivity contribution is 7.53. The number of hydrogen-bond acceptors (Lipinski definition) is 3. The van der Waals surface area contributed by atoms with E-state index in [9.17, 15) is 19.1 Å². The van der Waals surface area contributed by atoms with Gasteiger partial charge in [0.1, 0.15) is 5.28 Å². The van der Waals surface area contributed by atoms with Crippen LogP contribution >= 0.6 is 7.60 Å². The number of hydrogen-bond donors (Lipinski definition) is 4. The third-order valence-corrected chi connectivity index (χ3v) is 4.36. The van der Waals surface area contributed by atoms with Crippen molar-refractivity contribution < 1.29 is 19.1 Å². The van der Waals surface area contributed by atoms with Crippen LogP contribution in [0.15, 0.2) is 0 Å². The van der Waals surface area contributed by atoms with Gasteiger partial charge in [-0.15, -0.1) is 0 Å². The third-order valence-electron chi connectivity index (χ3n) is 2.52. The summed E-state index contributed by atoms with van der Waals surface area (Å²) in [4.78, 5) is 29.7. The van der Waals surface area contributed by atoms with Crippen molar-refractivity contribution in [3.05, 3.63) is 0 Å². The summed E-state index contributed by atoms with van der Waals surface area (Å²) in [5.74, 6) is -0.976. The molecule has 0 aromatic rings. The Labute approximate surface area is 89.4 Å². The van der Waals surface area contributed by atoms with E-state index in [0.29, 0.717) is 0 Å². The molecule has 0 rings (SSSR count). The lowest BCUT2D eigenvalue weighted by atomic mass is 10.1. The van der Waals surface area contributed by atoms with Gasteiger partial charge in [0.05, 0.1) is 6.04 Å². The molecule has 1 amide bonds. The number of amides is 1. The first kappa shape index (κ1) is 14.6. The molecule has 0 aromatic carbocycles. The van der Waals surface area contributed by atoms with Crippen molar-refractivity contribution in [1.82, 2.24) is 5.32 Å². The van der Waals surface area contributed by atoms with Crippen LogP contribution in [0.3, 0.4) is 0 Å². The maximum Gasteiger partial charge on any atom is 0.350 e. The van der Waals surface area contributed by atoms with E-state index >= 15 is 0 Å². The van der Waals surface area contributed by atoms with Gasteiger partial charge < -0.3 is 20.8 Å². The molecule has 0 fully saturated rings. The van der Waals surface area contributed by atoms with Crippen LogP contribution in [0.4, 0.5) is 0 Å². The van der Waals surface area contributed by atoms with E-state index in [1.54, 1.807) is 13.8 Å². The summed E-state index contributed by atoms with van der Waals surface area (Å²) in [6, 6.07) is -0.797. The molecule has 2 atom stereocenters. The van der Waals surface area contributed by atoms with Crippen molar-refractivity contribution >= 4 is 13.5 Å². The van der Waals surface area contributed by atoms with E-state index in [2.05, 4.69) is 5.32 Å². The minimum absolute atomic E-state index is 0.402. The largest absolute Gasteiger partial charge is 0.350 e. The molecule has 0 aliphatic rings. The maximum absolute atomic E-state index is 11.3. The van der Waals surface area contributed by atoms with Gasteiger partial charge in [0.25, 0.3) is 0 Å². The molecule has 0 aliphatic carbocycles. The van der Waals surface area contributed by atoms with Crippen LogP contribution in [0.25, 0.3) is 0 Å². The predicted molar refractivity (Wildman–Crippen MR) is 57.1 cm³/mol. The summed E-state index contributed by atoms with van der Waals surface area (Å²) in [5, 5.41) is 0.733. The molecular formula is C8H19N2O4P. The fourth-order valence-corrected chi connectivity index (χ4v) is 1.85. The highest BCUT2D eigenvalue weighted by atomic mass is 31.2. The van der Waals surface area contributed by atoms with Gasteiger partial charge >= 0.3 is 7.60 Å². The van der Waals surface area contributed by atoms with Crippen molar-refractivity contribution in [2.45, 2.75) is 39.0 Å². The van der Waals surface area contributed by atoms with Gasteiger partial charge in [-0.05, 0) is 19.8 Å². The zero-order valence-corrected chi connectivity index (χ0v) is 10.3. The summed E-state index contributed by atoms with van der Waals surface area (Å²) in [6.07, 6.45) is 0. The summed E-state index contributed by atoms with van der Waals surface area (Å²) in [7, 11) is -4.42. The number of nitrogens with one attached hydrogen (secondary N) is 1. The van der Waals surface area contributed by atoms with Crippen molar-refractivity contribution in [3.63, 3.8) is 0 Å². The number of carbonyl (C=O) groups excluding carboxylic acids is 1. The Kier molecular flexibility index (Phi) is 4.49. The topological polar surface area (TPSA) is 113 Å². The van der Waals surface area contributed by atoms with E-state index in [0.717, 1.165) is 0 Å². The van der Waals surface area contributed by atoms with E-state index in [-0.39, 0.29) is 0 Å². The predicted octanol–water partition coefficient (Wildman–Crippen LogP) is -0.000300. The lowest BCUT2D eigenvalue weighted by molar-refractivity contribution is -0.123. The number of carbonyl (C=O) groups is 1. The zero-order valence-electron chi connectivity index (χ0n) is 9.39. The third kappa shape index (κ3) is 3.28. The van der Waals surface area contributed by atoms with Crippen LogP contribution in [0.2, 0.25) is 0 Å². The molecule has 0 heterocycles. The smallest absolute Gasteiger partial charge is 0.338 e. The molecular weight excluding hydrogens is 219 g/mol. The SMILES string of the molecule is CC(C)C(C)(NC(=O)[C@H](C)N)P(=O)(O)O. The lowest BCUT2D eigenvalue weighted by Crippen LogP contribution is -2.53. The second-order valence-corrected chi connectivity index (χ2v) is 6.14. The van der Waals surface area contributed by atoms with Crippen LogP contribution in [-0.2, 0) is 9.36 Å². The first-order valence-electron chi connectivity index (χ1n) is 4.65. The Balaban J connectivity index is 5.01. The van der Waals surface area contributed by atoms with Gasteiger partial charge in [-0.1, -0.05) is 13.8 Å². The molecule has 7 heteroatoms. The van der Waals surface area contributed by atoms with Crippen molar-refractivity contribution in [2.75, 3.05) is 0 Å². The van der Waals surface area contributed by atoms with Crippen LogP contribution < -0.4 is 11.1 Å². The second kappa shape index (κ2) is 4.61. The summed E-state index contributed by atoms with van der Waals surface area (Å²) >= 11 is 0. The molecule has 0 aliphatic heterocycles. The van der Waals surface area contributed by atoms with Crippen LogP contribution in [0, 0.1) is 5.92 Å². The highest BCUT2D eigenvalue weighted by Gasteiger charge is 2.46. The van der Waals surface area contributed by atoms with Gasteiger partial charge in [-0.25, -0.2) is 0 Å². The Bertz CT molecular complexity index is 286. The monoisotopic (exact) mass is 238 g/mol. The Morgan fingerprint density at radius 3 is 2.00 bits per heavy atom.